The van der Waals surface area contributed by atoms with Crippen molar-refractivity contribution in [2.75, 3.05) is 0 Å². The molecule has 0 saturated heterocycles. The maximum atomic E-state index is 13.8. The second kappa shape index (κ2) is 7.17. The third-order valence-corrected chi connectivity index (χ3v) is 6.25. The Morgan fingerprint density at radius 1 is 0.828 bits per heavy atom. The number of aromatic nitrogens is 2. The SMILES string of the molecule is Fc1ccc(-n2nc3c(c2-c2ccc(Cl)c(Cl)c2)-c2ccccc2CC3)cc1Cl. The molecule has 4 aromatic rings. The van der Waals surface area contributed by atoms with Crippen molar-refractivity contribution in [1.29, 1.82) is 0 Å². The Bertz CT molecular complexity index is 1260. The largest absolute Gasteiger partial charge is 0.232 e. The summed E-state index contributed by atoms with van der Waals surface area (Å²) in [5.41, 5.74) is 6.92. The molecule has 2 nitrogen and oxygen atoms in total. The molecule has 144 valence electrons. The van der Waals surface area contributed by atoms with E-state index in [2.05, 4.69) is 12.1 Å². The molecule has 0 N–H and O–H groups in total. The minimum Gasteiger partial charge on any atom is -0.232 e. The molecule has 1 aliphatic carbocycles. The van der Waals surface area contributed by atoms with Crippen LogP contribution in [0.3, 0.4) is 0 Å². The van der Waals surface area contributed by atoms with Crippen LogP contribution in [0.15, 0.2) is 60.7 Å². The van der Waals surface area contributed by atoms with E-state index in [-0.39, 0.29) is 5.02 Å². The van der Waals surface area contributed by atoms with Crippen LogP contribution in [0.25, 0.3) is 28.1 Å². The molecule has 1 aromatic heterocycles. The van der Waals surface area contributed by atoms with Gasteiger partial charge < -0.3 is 0 Å². The summed E-state index contributed by atoms with van der Waals surface area (Å²) in [4.78, 5) is 0. The molecule has 1 aliphatic rings. The molecule has 1 heterocycles. The van der Waals surface area contributed by atoms with Crippen molar-refractivity contribution in [3.8, 4) is 28.1 Å². The topological polar surface area (TPSA) is 17.8 Å². The van der Waals surface area contributed by atoms with E-state index in [9.17, 15) is 4.39 Å². The lowest BCUT2D eigenvalue weighted by Crippen LogP contribution is -2.03. The van der Waals surface area contributed by atoms with Gasteiger partial charge in [0.1, 0.15) is 5.82 Å². The van der Waals surface area contributed by atoms with Crippen LogP contribution in [-0.4, -0.2) is 9.78 Å². The normalized spacial score (nSPS) is 12.6. The van der Waals surface area contributed by atoms with Gasteiger partial charge in [0.05, 0.1) is 32.1 Å². The Kier molecular flexibility index (Phi) is 4.62. The fourth-order valence-electron chi connectivity index (χ4n) is 3.87. The molecule has 0 amide bonds. The van der Waals surface area contributed by atoms with Crippen molar-refractivity contribution < 1.29 is 4.39 Å². The van der Waals surface area contributed by atoms with E-state index in [1.165, 1.54) is 11.6 Å². The molecule has 0 fully saturated rings. The van der Waals surface area contributed by atoms with Crippen molar-refractivity contribution in [3.63, 3.8) is 0 Å². The van der Waals surface area contributed by atoms with Gasteiger partial charge >= 0.3 is 0 Å². The van der Waals surface area contributed by atoms with E-state index in [1.807, 2.05) is 28.9 Å². The van der Waals surface area contributed by atoms with E-state index in [4.69, 9.17) is 39.9 Å². The van der Waals surface area contributed by atoms with E-state index in [0.29, 0.717) is 15.7 Å². The predicted molar refractivity (Wildman–Crippen MR) is 117 cm³/mol. The molecule has 3 aromatic carbocycles. The third kappa shape index (κ3) is 3.14. The molecule has 0 radical (unpaired) electrons. The van der Waals surface area contributed by atoms with E-state index < -0.39 is 5.82 Å². The van der Waals surface area contributed by atoms with Crippen molar-refractivity contribution in [2.45, 2.75) is 12.8 Å². The van der Waals surface area contributed by atoms with Crippen molar-refractivity contribution in [2.24, 2.45) is 0 Å². The van der Waals surface area contributed by atoms with Crippen LogP contribution in [0.4, 0.5) is 4.39 Å². The van der Waals surface area contributed by atoms with Crippen LogP contribution in [0.1, 0.15) is 11.3 Å². The van der Waals surface area contributed by atoms with Gasteiger partial charge in [0.2, 0.25) is 0 Å². The minimum atomic E-state index is -0.464. The van der Waals surface area contributed by atoms with Gasteiger partial charge in [-0.15, -0.1) is 0 Å². The highest BCUT2D eigenvalue weighted by molar-refractivity contribution is 6.42. The van der Waals surface area contributed by atoms with Crippen LogP contribution in [0, 0.1) is 5.82 Å². The highest BCUT2D eigenvalue weighted by Crippen LogP contribution is 2.43. The third-order valence-electron chi connectivity index (χ3n) is 5.22. The minimum absolute atomic E-state index is 0.0523. The number of nitrogens with zero attached hydrogens (tertiary/aromatic N) is 2. The summed E-state index contributed by atoms with van der Waals surface area (Å²) >= 11 is 18.5. The number of rotatable bonds is 2. The number of halogens is 4. The molecule has 0 atom stereocenters. The van der Waals surface area contributed by atoms with Gasteiger partial charge in [-0.1, -0.05) is 65.1 Å². The monoisotopic (exact) mass is 442 g/mol. The zero-order valence-electron chi connectivity index (χ0n) is 15.1. The lowest BCUT2D eigenvalue weighted by Gasteiger charge is -2.17. The Hall–Kier alpha value is -2.33. The van der Waals surface area contributed by atoms with Gasteiger partial charge in [0.25, 0.3) is 0 Å². The van der Waals surface area contributed by atoms with Crippen molar-refractivity contribution >= 4 is 34.8 Å². The number of benzene rings is 3. The summed E-state index contributed by atoms with van der Waals surface area (Å²) in [6.07, 6.45) is 1.74. The quantitative estimate of drug-likeness (QED) is 0.315. The van der Waals surface area contributed by atoms with Crippen LogP contribution in [0.5, 0.6) is 0 Å². The van der Waals surface area contributed by atoms with Crippen LogP contribution in [0.2, 0.25) is 15.1 Å². The molecule has 0 unspecified atom stereocenters. The van der Waals surface area contributed by atoms with Gasteiger partial charge in [-0.3, -0.25) is 0 Å². The highest BCUT2D eigenvalue weighted by Gasteiger charge is 2.27. The second-order valence-corrected chi connectivity index (χ2v) is 8.19. The summed E-state index contributed by atoms with van der Waals surface area (Å²) in [6.45, 7) is 0. The van der Waals surface area contributed by atoms with Gasteiger partial charge in [0, 0.05) is 11.1 Å². The first-order valence-corrected chi connectivity index (χ1v) is 10.3. The van der Waals surface area contributed by atoms with Crippen molar-refractivity contribution in [3.05, 3.63) is 92.8 Å². The highest BCUT2D eigenvalue weighted by atomic mass is 35.5. The van der Waals surface area contributed by atoms with Gasteiger partial charge in [-0.05, 0) is 54.3 Å². The first kappa shape index (κ1) is 18.7. The number of hydrogen-bond donors (Lipinski definition) is 0. The molecule has 29 heavy (non-hydrogen) atoms. The first-order chi connectivity index (χ1) is 14.0. The molecule has 0 bridgehead atoms. The number of fused-ring (bicyclic) bond motifs is 3. The second-order valence-electron chi connectivity index (χ2n) is 6.97. The van der Waals surface area contributed by atoms with E-state index in [1.54, 1.807) is 18.2 Å². The van der Waals surface area contributed by atoms with E-state index in [0.717, 1.165) is 40.9 Å². The molecular formula is C23H14Cl3FN2. The zero-order chi connectivity index (χ0) is 20.1. The van der Waals surface area contributed by atoms with E-state index >= 15 is 0 Å². The summed E-state index contributed by atoms with van der Waals surface area (Å²) < 4.78 is 15.6. The fraction of sp³-hybridized carbons (Fsp3) is 0.0870. The Morgan fingerprint density at radius 2 is 1.66 bits per heavy atom. The maximum absolute atomic E-state index is 13.8. The summed E-state index contributed by atoms with van der Waals surface area (Å²) in [7, 11) is 0. The Morgan fingerprint density at radius 3 is 2.45 bits per heavy atom. The van der Waals surface area contributed by atoms with Crippen LogP contribution >= 0.6 is 34.8 Å². The molecule has 0 aliphatic heterocycles. The Labute approximate surface area is 182 Å². The smallest absolute Gasteiger partial charge is 0.141 e. The van der Waals surface area contributed by atoms with Crippen molar-refractivity contribution in [1.82, 2.24) is 9.78 Å². The van der Waals surface area contributed by atoms with Gasteiger partial charge in [0.15, 0.2) is 0 Å². The average Bonchev–Trinajstić information content (AvgIpc) is 3.12. The lowest BCUT2D eigenvalue weighted by molar-refractivity contribution is 0.627. The standard InChI is InChI=1S/C23H14Cl3FN2/c24-17-8-5-14(11-18(17)25)23-22-16-4-2-1-3-13(16)6-10-21(22)28-29(23)15-7-9-20(27)19(26)12-15/h1-5,7-9,11-12H,6,10H2. The Balaban J connectivity index is 1.84. The molecule has 0 saturated carbocycles. The summed E-state index contributed by atoms with van der Waals surface area (Å²) in [5, 5.41) is 5.88. The van der Waals surface area contributed by atoms with Gasteiger partial charge in [-0.2, -0.15) is 5.10 Å². The predicted octanol–water partition coefficient (Wildman–Crippen LogP) is 7.40. The summed E-state index contributed by atoms with van der Waals surface area (Å²) in [5.74, 6) is -0.464. The molecular weight excluding hydrogens is 430 g/mol. The lowest BCUT2D eigenvalue weighted by atomic mass is 9.87. The first-order valence-electron chi connectivity index (χ1n) is 9.14. The number of aryl methyl sites for hydroxylation is 2. The molecule has 0 spiro atoms. The van der Waals surface area contributed by atoms with Crippen LogP contribution in [-0.2, 0) is 12.8 Å². The van der Waals surface area contributed by atoms with Gasteiger partial charge in [-0.25, -0.2) is 9.07 Å². The summed E-state index contributed by atoms with van der Waals surface area (Å²) in [6, 6.07) is 18.5. The van der Waals surface area contributed by atoms with Crippen LogP contribution < -0.4 is 0 Å². The fourth-order valence-corrected chi connectivity index (χ4v) is 4.34. The number of hydrogen-bond acceptors (Lipinski definition) is 1. The average molecular weight is 444 g/mol. The molecule has 6 heteroatoms. The maximum Gasteiger partial charge on any atom is 0.141 e. The zero-order valence-corrected chi connectivity index (χ0v) is 17.4. The molecule has 5 rings (SSSR count).